The Kier molecular flexibility index (Phi) is 4.38. The Balaban J connectivity index is 2.09. The quantitative estimate of drug-likeness (QED) is 0.656. The highest BCUT2D eigenvalue weighted by molar-refractivity contribution is 6.18. The summed E-state index contributed by atoms with van der Waals surface area (Å²) in [5, 5.41) is 3.54. The lowest BCUT2D eigenvalue weighted by molar-refractivity contribution is 0.279. The minimum atomic E-state index is 0.507. The van der Waals surface area contributed by atoms with Gasteiger partial charge in [-0.15, -0.1) is 11.6 Å². The predicted molar refractivity (Wildman–Crippen MR) is 54.7 cm³/mol. The molecule has 12 heavy (non-hydrogen) atoms. The van der Waals surface area contributed by atoms with Gasteiger partial charge in [0.1, 0.15) is 0 Å². The first kappa shape index (κ1) is 10.3. The van der Waals surface area contributed by atoms with Crippen LogP contribution in [0.2, 0.25) is 0 Å². The van der Waals surface area contributed by atoms with E-state index >= 15 is 0 Å². The fourth-order valence-corrected chi connectivity index (χ4v) is 1.95. The maximum absolute atomic E-state index is 5.84. The van der Waals surface area contributed by atoms with Crippen LogP contribution in [0.25, 0.3) is 0 Å². The maximum atomic E-state index is 5.84. The second-order valence-electron chi connectivity index (χ2n) is 4.21. The molecular formula is C10H20ClN. The highest BCUT2D eigenvalue weighted by atomic mass is 35.5. The Morgan fingerprint density at radius 1 is 1.42 bits per heavy atom. The van der Waals surface area contributed by atoms with Crippen molar-refractivity contribution in [3.63, 3.8) is 0 Å². The molecule has 72 valence electrons. The molecule has 0 amide bonds. The smallest absolute Gasteiger partial charge is 0.0379 e. The summed E-state index contributed by atoms with van der Waals surface area (Å²) in [5.74, 6) is 2.33. The maximum Gasteiger partial charge on any atom is 0.0379 e. The van der Waals surface area contributed by atoms with Crippen molar-refractivity contribution in [3.8, 4) is 0 Å². The molecule has 0 bridgehead atoms. The van der Waals surface area contributed by atoms with E-state index in [-0.39, 0.29) is 0 Å². The topological polar surface area (TPSA) is 12.0 Å². The molecule has 1 unspecified atom stereocenters. The molecule has 1 nitrogen and oxygen atoms in total. The van der Waals surface area contributed by atoms with Crippen molar-refractivity contribution in [3.05, 3.63) is 0 Å². The van der Waals surface area contributed by atoms with E-state index in [4.69, 9.17) is 11.6 Å². The summed E-state index contributed by atoms with van der Waals surface area (Å²) in [5.41, 5.74) is 0. The van der Waals surface area contributed by atoms with E-state index in [9.17, 15) is 0 Å². The lowest BCUT2D eigenvalue weighted by Gasteiger charge is -2.29. The van der Waals surface area contributed by atoms with Crippen molar-refractivity contribution in [2.75, 3.05) is 12.4 Å². The Labute approximate surface area is 80.9 Å². The summed E-state index contributed by atoms with van der Waals surface area (Å²) in [6, 6.07) is 0.507. The van der Waals surface area contributed by atoms with Gasteiger partial charge in [0.05, 0.1) is 0 Å². The number of hydrogen-bond acceptors (Lipinski definition) is 1. The van der Waals surface area contributed by atoms with Gasteiger partial charge < -0.3 is 5.32 Å². The van der Waals surface area contributed by atoms with E-state index in [1.54, 1.807) is 0 Å². The Morgan fingerprint density at radius 2 is 2.08 bits per heavy atom. The van der Waals surface area contributed by atoms with E-state index in [0.717, 1.165) is 11.8 Å². The summed E-state index contributed by atoms with van der Waals surface area (Å²) >= 11 is 5.84. The van der Waals surface area contributed by atoms with Crippen molar-refractivity contribution in [2.45, 2.75) is 39.2 Å². The van der Waals surface area contributed by atoms with Crippen molar-refractivity contribution in [1.29, 1.82) is 0 Å². The normalized spacial score (nSPS) is 21.0. The molecule has 1 aliphatic carbocycles. The van der Waals surface area contributed by atoms with Crippen LogP contribution in [0.4, 0.5) is 0 Å². The predicted octanol–water partition coefficient (Wildman–Crippen LogP) is 2.64. The first-order chi connectivity index (χ1) is 5.74. The second-order valence-corrected chi connectivity index (χ2v) is 4.52. The average Bonchev–Trinajstić information content (AvgIpc) is 1.93. The molecule has 1 saturated carbocycles. The molecule has 1 fully saturated rings. The minimum Gasteiger partial charge on any atom is -0.312 e. The van der Waals surface area contributed by atoms with Crippen LogP contribution in [0.5, 0.6) is 0 Å². The van der Waals surface area contributed by atoms with Crippen molar-refractivity contribution >= 4 is 11.6 Å². The molecule has 0 aliphatic heterocycles. The van der Waals surface area contributed by atoms with E-state index in [1.165, 1.54) is 25.8 Å². The zero-order chi connectivity index (χ0) is 8.97. The summed E-state index contributed by atoms with van der Waals surface area (Å²) in [6.07, 6.45) is 4.26. The molecule has 1 atom stereocenters. The molecule has 0 aromatic rings. The zero-order valence-corrected chi connectivity index (χ0v) is 8.90. The van der Waals surface area contributed by atoms with Gasteiger partial charge in [-0.05, 0) is 31.2 Å². The molecule has 0 aromatic carbocycles. The van der Waals surface area contributed by atoms with E-state index in [2.05, 4.69) is 19.2 Å². The van der Waals surface area contributed by atoms with Crippen LogP contribution in [-0.2, 0) is 0 Å². The number of alkyl halides is 1. The van der Waals surface area contributed by atoms with Crippen LogP contribution in [0.1, 0.15) is 33.1 Å². The molecule has 0 heterocycles. The van der Waals surface area contributed by atoms with Gasteiger partial charge in [0.15, 0.2) is 0 Å². The largest absolute Gasteiger partial charge is 0.312 e. The van der Waals surface area contributed by atoms with Gasteiger partial charge >= 0.3 is 0 Å². The third kappa shape index (κ3) is 2.95. The van der Waals surface area contributed by atoms with Gasteiger partial charge in [0.25, 0.3) is 0 Å². The van der Waals surface area contributed by atoms with Gasteiger partial charge in [-0.25, -0.2) is 0 Å². The fraction of sp³-hybridized carbons (Fsp3) is 1.00. The average molecular weight is 190 g/mol. The minimum absolute atomic E-state index is 0.507. The van der Waals surface area contributed by atoms with Crippen molar-refractivity contribution < 1.29 is 0 Å². The van der Waals surface area contributed by atoms with Crippen LogP contribution in [0.15, 0.2) is 0 Å². The Hall–Kier alpha value is 0.250. The highest BCUT2D eigenvalue weighted by Crippen LogP contribution is 2.25. The van der Waals surface area contributed by atoms with Crippen molar-refractivity contribution in [2.24, 2.45) is 11.8 Å². The summed E-state index contributed by atoms with van der Waals surface area (Å²) < 4.78 is 0. The summed E-state index contributed by atoms with van der Waals surface area (Å²) in [6.45, 7) is 5.62. The van der Waals surface area contributed by atoms with Gasteiger partial charge in [0, 0.05) is 11.9 Å². The van der Waals surface area contributed by atoms with Gasteiger partial charge in [0.2, 0.25) is 0 Å². The lowest BCUT2D eigenvalue weighted by atomic mass is 9.85. The highest BCUT2D eigenvalue weighted by Gasteiger charge is 2.19. The molecule has 0 spiro atoms. The first-order valence-electron chi connectivity index (χ1n) is 5.03. The van der Waals surface area contributed by atoms with Gasteiger partial charge in [-0.2, -0.15) is 0 Å². The number of nitrogens with one attached hydrogen (secondary N) is 1. The molecule has 0 aromatic heterocycles. The molecule has 0 saturated heterocycles. The van der Waals surface area contributed by atoms with Crippen LogP contribution >= 0.6 is 11.6 Å². The van der Waals surface area contributed by atoms with Crippen LogP contribution in [0, 0.1) is 11.8 Å². The molecule has 1 rings (SSSR count). The molecule has 2 heteroatoms. The van der Waals surface area contributed by atoms with E-state index in [1.807, 2.05) is 0 Å². The molecule has 1 N–H and O–H groups in total. The molecule has 1 aliphatic rings. The number of rotatable bonds is 5. The third-order valence-electron chi connectivity index (χ3n) is 2.86. The van der Waals surface area contributed by atoms with E-state index < -0.39 is 0 Å². The second kappa shape index (κ2) is 5.08. The van der Waals surface area contributed by atoms with Crippen molar-refractivity contribution in [1.82, 2.24) is 5.32 Å². The first-order valence-corrected chi connectivity index (χ1v) is 5.57. The third-order valence-corrected chi connectivity index (χ3v) is 3.20. The zero-order valence-electron chi connectivity index (χ0n) is 8.15. The number of halogens is 1. The SMILES string of the molecule is CC(C)C(CCl)NCC1CCC1. The monoisotopic (exact) mass is 189 g/mol. The van der Waals surface area contributed by atoms with E-state index in [0.29, 0.717) is 12.0 Å². The Morgan fingerprint density at radius 3 is 2.42 bits per heavy atom. The molecular weight excluding hydrogens is 170 g/mol. The lowest BCUT2D eigenvalue weighted by Crippen LogP contribution is -2.39. The standard InChI is InChI=1S/C10H20ClN/c1-8(2)10(6-11)12-7-9-4-3-5-9/h8-10,12H,3-7H2,1-2H3. The summed E-state index contributed by atoms with van der Waals surface area (Å²) in [7, 11) is 0. The number of hydrogen-bond donors (Lipinski definition) is 1. The van der Waals surface area contributed by atoms with Crippen LogP contribution in [0.3, 0.4) is 0 Å². The fourth-order valence-electron chi connectivity index (χ4n) is 1.48. The van der Waals surface area contributed by atoms with Gasteiger partial charge in [-0.1, -0.05) is 20.3 Å². The van der Waals surface area contributed by atoms with Gasteiger partial charge in [-0.3, -0.25) is 0 Å². The molecule has 0 radical (unpaired) electrons. The van der Waals surface area contributed by atoms with Crippen LogP contribution in [-0.4, -0.2) is 18.5 Å². The van der Waals surface area contributed by atoms with Crippen LogP contribution < -0.4 is 5.32 Å². The summed E-state index contributed by atoms with van der Waals surface area (Å²) in [4.78, 5) is 0. The Bertz CT molecular complexity index is 121.